The van der Waals surface area contributed by atoms with Crippen LogP contribution in [0.15, 0.2) is 23.1 Å². The highest BCUT2D eigenvalue weighted by atomic mass is 32.2. The van der Waals surface area contributed by atoms with E-state index in [9.17, 15) is 8.42 Å². The van der Waals surface area contributed by atoms with Crippen LogP contribution in [0.25, 0.3) is 0 Å². The van der Waals surface area contributed by atoms with Crippen molar-refractivity contribution < 1.29 is 13.2 Å². The van der Waals surface area contributed by atoms with E-state index in [0.29, 0.717) is 17.2 Å². The Kier molecular flexibility index (Phi) is 6.64. The molecule has 0 bridgehead atoms. The Balaban J connectivity index is 2.92. The minimum Gasteiger partial charge on any atom is -0.496 e. The number of nitrogens with one attached hydrogen (secondary N) is 1. The maximum atomic E-state index is 12.4. The zero-order chi connectivity index (χ0) is 16.0. The lowest BCUT2D eigenvalue weighted by atomic mass is 10.0. The molecule has 0 heterocycles. The molecule has 5 nitrogen and oxygen atoms in total. The van der Waals surface area contributed by atoms with Crippen molar-refractivity contribution in [2.45, 2.75) is 51.1 Å². The topological polar surface area (TPSA) is 81.4 Å². The number of benzene rings is 1. The highest BCUT2D eigenvalue weighted by Gasteiger charge is 2.19. The maximum Gasteiger partial charge on any atom is 0.240 e. The molecular weight excluding hydrogens is 288 g/mol. The van der Waals surface area contributed by atoms with E-state index in [1.54, 1.807) is 12.1 Å². The van der Waals surface area contributed by atoms with Gasteiger partial charge in [-0.1, -0.05) is 20.3 Å². The number of rotatable bonds is 8. The van der Waals surface area contributed by atoms with E-state index >= 15 is 0 Å². The second kappa shape index (κ2) is 7.77. The normalized spacial score (nSPS) is 14.7. The fraction of sp³-hybridized carbons (Fsp3) is 0.600. The quantitative estimate of drug-likeness (QED) is 0.771. The van der Waals surface area contributed by atoms with Crippen molar-refractivity contribution in [1.29, 1.82) is 0 Å². The summed E-state index contributed by atoms with van der Waals surface area (Å²) in [4.78, 5) is 0.222. The molecule has 0 aromatic heterocycles. The van der Waals surface area contributed by atoms with Crippen LogP contribution in [0.1, 0.15) is 39.2 Å². The van der Waals surface area contributed by atoms with Crippen molar-refractivity contribution in [1.82, 2.24) is 4.72 Å². The maximum absolute atomic E-state index is 12.4. The second-order valence-electron chi connectivity index (χ2n) is 5.45. The number of hydrogen-bond donors (Lipinski definition) is 2. The van der Waals surface area contributed by atoms with Crippen LogP contribution in [-0.4, -0.2) is 21.6 Å². The second-order valence-corrected chi connectivity index (χ2v) is 7.16. The summed E-state index contributed by atoms with van der Waals surface area (Å²) in [5.41, 5.74) is 6.30. The van der Waals surface area contributed by atoms with Crippen LogP contribution in [0.3, 0.4) is 0 Å². The van der Waals surface area contributed by atoms with Gasteiger partial charge in [-0.3, -0.25) is 0 Å². The van der Waals surface area contributed by atoms with Crippen molar-refractivity contribution in [3.63, 3.8) is 0 Å². The molecule has 0 aliphatic heterocycles. The van der Waals surface area contributed by atoms with Crippen molar-refractivity contribution in [3.8, 4) is 5.75 Å². The minimum absolute atomic E-state index is 0.103. The first kappa shape index (κ1) is 17.9. The molecule has 2 atom stereocenters. The molecule has 0 saturated heterocycles. The molecule has 0 radical (unpaired) electrons. The summed E-state index contributed by atoms with van der Waals surface area (Å²) in [6.07, 6.45) is 1.85. The van der Waals surface area contributed by atoms with E-state index < -0.39 is 10.0 Å². The van der Waals surface area contributed by atoms with Gasteiger partial charge in [0.05, 0.1) is 12.0 Å². The van der Waals surface area contributed by atoms with Crippen molar-refractivity contribution >= 4 is 10.0 Å². The smallest absolute Gasteiger partial charge is 0.240 e. The number of ether oxygens (including phenoxy) is 1. The van der Waals surface area contributed by atoms with E-state index in [1.165, 1.54) is 13.2 Å². The average molecular weight is 314 g/mol. The Hall–Kier alpha value is -1.11. The summed E-state index contributed by atoms with van der Waals surface area (Å²) in [7, 11) is -2.00. The van der Waals surface area contributed by atoms with Gasteiger partial charge in [-0.2, -0.15) is 0 Å². The van der Waals surface area contributed by atoms with Crippen molar-refractivity contribution in [2.75, 3.05) is 7.11 Å². The Bertz CT molecular complexity index is 558. The molecule has 6 heteroatoms. The number of methoxy groups -OCH3 is 1. The summed E-state index contributed by atoms with van der Waals surface area (Å²) < 4.78 is 32.6. The molecule has 21 heavy (non-hydrogen) atoms. The highest BCUT2D eigenvalue weighted by molar-refractivity contribution is 7.89. The summed E-state index contributed by atoms with van der Waals surface area (Å²) in [6, 6.07) is 4.64. The molecule has 0 saturated carbocycles. The molecule has 0 amide bonds. The van der Waals surface area contributed by atoms with Gasteiger partial charge in [0.15, 0.2) is 0 Å². The molecule has 0 fully saturated rings. The first-order chi connectivity index (χ1) is 9.83. The van der Waals surface area contributed by atoms with Gasteiger partial charge in [0.1, 0.15) is 5.75 Å². The fourth-order valence-corrected chi connectivity index (χ4v) is 3.54. The third kappa shape index (κ3) is 4.98. The number of sulfonamides is 1. The van der Waals surface area contributed by atoms with E-state index in [1.807, 2.05) is 6.92 Å². The summed E-state index contributed by atoms with van der Waals surface area (Å²) in [6.45, 7) is 6.33. The molecule has 1 aromatic rings. The lowest BCUT2D eigenvalue weighted by molar-refractivity contribution is 0.409. The van der Waals surface area contributed by atoms with E-state index in [0.717, 1.165) is 12.8 Å². The first-order valence-electron chi connectivity index (χ1n) is 7.23. The molecule has 2 unspecified atom stereocenters. The Morgan fingerprint density at radius 1 is 1.33 bits per heavy atom. The Morgan fingerprint density at radius 2 is 2.00 bits per heavy atom. The lowest BCUT2D eigenvalue weighted by Gasteiger charge is -2.18. The van der Waals surface area contributed by atoms with Gasteiger partial charge in [-0.25, -0.2) is 13.1 Å². The van der Waals surface area contributed by atoms with Crippen LogP contribution < -0.4 is 15.2 Å². The summed E-state index contributed by atoms with van der Waals surface area (Å²) in [5.74, 6) is 1.09. The highest BCUT2D eigenvalue weighted by Crippen LogP contribution is 2.22. The average Bonchev–Trinajstić information content (AvgIpc) is 2.45. The van der Waals surface area contributed by atoms with Crippen LogP contribution in [0, 0.1) is 5.92 Å². The van der Waals surface area contributed by atoms with E-state index in [2.05, 4.69) is 18.6 Å². The summed E-state index contributed by atoms with van der Waals surface area (Å²) >= 11 is 0. The molecule has 120 valence electrons. The third-order valence-corrected chi connectivity index (χ3v) is 5.18. The van der Waals surface area contributed by atoms with Crippen LogP contribution in [0.5, 0.6) is 5.75 Å². The molecule has 3 N–H and O–H groups in total. The van der Waals surface area contributed by atoms with Gasteiger partial charge in [0.2, 0.25) is 10.0 Å². The monoisotopic (exact) mass is 314 g/mol. The van der Waals surface area contributed by atoms with Crippen molar-refractivity contribution in [2.24, 2.45) is 11.7 Å². The molecule has 1 aromatic carbocycles. The van der Waals surface area contributed by atoms with E-state index in [4.69, 9.17) is 10.5 Å². The predicted octanol–water partition coefficient (Wildman–Crippen LogP) is 2.26. The standard InChI is InChI=1S/C15H26N2O3S/c1-5-11(2)8-12(3)17-21(18,19)14-6-7-15(20-4)13(9-14)10-16/h6-7,9,11-12,17H,5,8,10,16H2,1-4H3. The van der Waals surface area contributed by atoms with Crippen molar-refractivity contribution in [3.05, 3.63) is 23.8 Å². The molecule has 0 aliphatic rings. The number of hydrogen-bond acceptors (Lipinski definition) is 4. The van der Waals surface area contributed by atoms with Crippen LogP contribution in [-0.2, 0) is 16.6 Å². The molecule has 0 aliphatic carbocycles. The van der Waals surface area contributed by atoms with Gasteiger partial charge < -0.3 is 10.5 Å². The zero-order valence-corrected chi connectivity index (χ0v) is 14.0. The summed E-state index contributed by atoms with van der Waals surface area (Å²) in [5, 5.41) is 0. The predicted molar refractivity (Wildman–Crippen MR) is 84.7 cm³/mol. The zero-order valence-electron chi connectivity index (χ0n) is 13.2. The van der Waals surface area contributed by atoms with Gasteiger partial charge in [-0.15, -0.1) is 0 Å². The molecule has 0 spiro atoms. The Labute approximate surface area is 127 Å². The van der Waals surface area contributed by atoms with Gasteiger partial charge in [0, 0.05) is 18.2 Å². The third-order valence-electron chi connectivity index (χ3n) is 3.59. The first-order valence-corrected chi connectivity index (χ1v) is 8.71. The van der Waals surface area contributed by atoms with Gasteiger partial charge in [0.25, 0.3) is 0 Å². The van der Waals surface area contributed by atoms with E-state index in [-0.39, 0.29) is 17.5 Å². The van der Waals surface area contributed by atoms with Crippen LogP contribution in [0.4, 0.5) is 0 Å². The SMILES string of the molecule is CCC(C)CC(C)NS(=O)(=O)c1ccc(OC)c(CN)c1. The number of nitrogens with two attached hydrogens (primary N) is 1. The molecular formula is C15H26N2O3S. The lowest BCUT2D eigenvalue weighted by Crippen LogP contribution is -2.33. The Morgan fingerprint density at radius 3 is 2.52 bits per heavy atom. The fourth-order valence-electron chi connectivity index (χ4n) is 2.23. The van der Waals surface area contributed by atoms with Crippen LogP contribution >= 0.6 is 0 Å². The largest absolute Gasteiger partial charge is 0.496 e. The molecule has 1 rings (SSSR count). The van der Waals surface area contributed by atoms with Crippen LogP contribution in [0.2, 0.25) is 0 Å². The van der Waals surface area contributed by atoms with Gasteiger partial charge in [-0.05, 0) is 37.5 Å². The van der Waals surface area contributed by atoms with Gasteiger partial charge >= 0.3 is 0 Å². The minimum atomic E-state index is -3.53.